The van der Waals surface area contributed by atoms with Crippen LogP contribution in [0.2, 0.25) is 5.02 Å². The molecule has 48 heavy (non-hydrogen) atoms. The summed E-state index contributed by atoms with van der Waals surface area (Å²) in [5.41, 5.74) is 3.56. The fourth-order valence-electron chi connectivity index (χ4n) is 6.67. The Labute approximate surface area is 291 Å². The van der Waals surface area contributed by atoms with E-state index in [1.807, 2.05) is 24.3 Å². The molecule has 0 bridgehead atoms. The number of carbonyl (C=O) groups is 2. The summed E-state index contributed by atoms with van der Waals surface area (Å²) in [5.74, 6) is 0.296. The number of aryl methyl sites for hydroxylation is 1. The van der Waals surface area contributed by atoms with Crippen LogP contribution < -0.4 is 14.4 Å². The van der Waals surface area contributed by atoms with Gasteiger partial charge in [0.05, 0.1) is 18.4 Å². The molecule has 1 saturated carbocycles. The minimum Gasteiger partial charge on any atom is -0.491 e. The predicted molar refractivity (Wildman–Crippen MR) is 189 cm³/mol. The Balaban J connectivity index is 1.37. The van der Waals surface area contributed by atoms with E-state index >= 15 is 0 Å². The van der Waals surface area contributed by atoms with Gasteiger partial charge in [0.1, 0.15) is 5.75 Å². The van der Waals surface area contributed by atoms with Crippen molar-refractivity contribution in [3.63, 3.8) is 0 Å². The number of anilines is 1. The first-order chi connectivity index (χ1) is 23.0. The highest BCUT2D eigenvalue weighted by atomic mass is 35.5. The summed E-state index contributed by atoms with van der Waals surface area (Å²) >= 11 is 4.73. The summed E-state index contributed by atoms with van der Waals surface area (Å²) in [7, 11) is 1.77. The van der Waals surface area contributed by atoms with Crippen LogP contribution in [0.3, 0.4) is 0 Å². The molecule has 6 unspecified atom stereocenters. The van der Waals surface area contributed by atoms with E-state index in [1.165, 1.54) is 11.1 Å². The monoisotopic (exact) mass is 700 g/mol. The molecule has 2 aromatic carbocycles. The number of benzene rings is 2. The van der Waals surface area contributed by atoms with Gasteiger partial charge in [-0.2, -0.15) is 0 Å². The van der Waals surface area contributed by atoms with E-state index in [1.54, 1.807) is 41.4 Å². The Morgan fingerprint density at radius 3 is 2.65 bits per heavy atom. The standard InChI is InChI=1S/C36H49ClN4O6S/c1-4-8-25-19-29(37)12-14-30(25)28-22-40(21-27-10-13-31(27)33(43)9-5-6-16-39(3)24(2)42)32-20-26(11-15-34(32)47-23-28)35(44)36(45)38-48(46)41-17-7-18-41/h5,9,11-12,14-15,19-20,27-28,31,33,35,43-44H,4,6-8,10,13,16-18,21-23H2,1-3H3,(H,38,45)/b9-5+. The highest BCUT2D eigenvalue weighted by Gasteiger charge is 2.38. The van der Waals surface area contributed by atoms with Crippen molar-refractivity contribution in [1.82, 2.24) is 13.9 Å². The Hall–Kier alpha value is -2.96. The molecule has 2 amide bonds. The maximum absolute atomic E-state index is 12.9. The molecular formula is C36H49ClN4O6S. The van der Waals surface area contributed by atoms with E-state index in [2.05, 4.69) is 22.6 Å². The first-order valence-corrected chi connectivity index (χ1v) is 18.6. The van der Waals surface area contributed by atoms with Crippen molar-refractivity contribution in [2.24, 2.45) is 11.8 Å². The van der Waals surface area contributed by atoms with Crippen molar-refractivity contribution in [3.05, 3.63) is 70.3 Å². The number of nitrogens with zero attached hydrogens (tertiary/aromatic N) is 3. The second-order valence-corrected chi connectivity index (χ2v) is 14.9. The van der Waals surface area contributed by atoms with Crippen LogP contribution in [0.4, 0.5) is 5.69 Å². The van der Waals surface area contributed by atoms with E-state index in [4.69, 9.17) is 16.3 Å². The lowest BCUT2D eigenvalue weighted by Crippen LogP contribution is -2.46. The number of aliphatic hydroxyl groups excluding tert-OH is 2. The van der Waals surface area contributed by atoms with Gasteiger partial charge in [-0.1, -0.05) is 49.2 Å². The third kappa shape index (κ3) is 8.79. The molecule has 10 nitrogen and oxygen atoms in total. The number of aliphatic hydroxyl groups is 2. The van der Waals surface area contributed by atoms with Crippen LogP contribution in [0.1, 0.15) is 74.7 Å². The van der Waals surface area contributed by atoms with Gasteiger partial charge in [0, 0.05) is 57.6 Å². The Bertz CT molecular complexity index is 1500. The van der Waals surface area contributed by atoms with Crippen molar-refractivity contribution in [3.8, 4) is 5.75 Å². The van der Waals surface area contributed by atoms with Crippen LogP contribution in [0.15, 0.2) is 48.6 Å². The normalized spacial score (nSPS) is 22.8. The van der Waals surface area contributed by atoms with Crippen molar-refractivity contribution in [1.29, 1.82) is 0 Å². The molecule has 0 aromatic heterocycles. The molecule has 1 saturated heterocycles. The van der Waals surface area contributed by atoms with Crippen LogP contribution in [-0.4, -0.2) is 87.9 Å². The van der Waals surface area contributed by atoms with E-state index in [9.17, 15) is 24.0 Å². The smallest absolute Gasteiger partial charge is 0.266 e. The number of amides is 2. The molecule has 2 heterocycles. The molecule has 262 valence electrons. The molecule has 3 N–H and O–H groups in total. The summed E-state index contributed by atoms with van der Waals surface area (Å²) in [6.07, 6.45) is 7.07. The summed E-state index contributed by atoms with van der Waals surface area (Å²) in [4.78, 5) is 28.4. The third-order valence-electron chi connectivity index (χ3n) is 9.94. The Morgan fingerprint density at radius 1 is 1.19 bits per heavy atom. The van der Waals surface area contributed by atoms with Gasteiger partial charge in [-0.15, -0.1) is 0 Å². The quantitative estimate of drug-likeness (QED) is 0.248. The molecular weight excluding hydrogens is 652 g/mol. The average molecular weight is 701 g/mol. The lowest BCUT2D eigenvalue weighted by molar-refractivity contribution is -0.128. The zero-order valence-corrected chi connectivity index (χ0v) is 29.7. The topological polar surface area (TPSA) is 123 Å². The van der Waals surface area contributed by atoms with Crippen LogP contribution in [0, 0.1) is 11.8 Å². The molecule has 1 aliphatic carbocycles. The summed E-state index contributed by atoms with van der Waals surface area (Å²) in [5, 5.41) is 22.9. The van der Waals surface area contributed by atoms with E-state index in [0.29, 0.717) is 62.1 Å². The van der Waals surface area contributed by atoms with Gasteiger partial charge in [-0.3, -0.25) is 14.3 Å². The number of hydrogen-bond acceptors (Lipinski definition) is 7. The number of rotatable bonds is 14. The molecule has 2 aromatic rings. The molecule has 12 heteroatoms. The maximum Gasteiger partial charge on any atom is 0.266 e. The van der Waals surface area contributed by atoms with Crippen molar-refractivity contribution < 1.29 is 28.7 Å². The Kier molecular flexibility index (Phi) is 12.6. The van der Waals surface area contributed by atoms with Crippen LogP contribution in [0.25, 0.3) is 0 Å². The highest BCUT2D eigenvalue weighted by Crippen LogP contribution is 2.43. The van der Waals surface area contributed by atoms with Gasteiger partial charge >= 0.3 is 0 Å². The fourth-order valence-corrected chi connectivity index (χ4v) is 7.87. The van der Waals surface area contributed by atoms with Gasteiger partial charge in [0.2, 0.25) is 5.91 Å². The van der Waals surface area contributed by atoms with Gasteiger partial charge in [0.25, 0.3) is 5.91 Å². The number of nitrogens with one attached hydrogen (secondary N) is 1. The van der Waals surface area contributed by atoms with Crippen molar-refractivity contribution in [2.45, 2.75) is 70.5 Å². The number of carbonyl (C=O) groups excluding carboxylic acids is 2. The molecule has 5 rings (SSSR count). The van der Waals surface area contributed by atoms with E-state index < -0.39 is 29.3 Å². The van der Waals surface area contributed by atoms with Crippen LogP contribution in [-0.2, 0) is 27.2 Å². The average Bonchev–Trinajstić information content (AvgIpc) is 3.19. The summed E-state index contributed by atoms with van der Waals surface area (Å²) in [6.45, 7) is 7.34. The first kappa shape index (κ1) is 36.3. The largest absolute Gasteiger partial charge is 0.491 e. The molecule has 6 atom stereocenters. The summed E-state index contributed by atoms with van der Waals surface area (Å²) in [6, 6.07) is 11.3. The number of ether oxygens (including phenoxy) is 1. The zero-order valence-electron chi connectivity index (χ0n) is 28.1. The predicted octanol–water partition coefficient (Wildman–Crippen LogP) is 4.52. The molecule has 3 aliphatic rings. The highest BCUT2D eigenvalue weighted by molar-refractivity contribution is 7.81. The molecule has 2 fully saturated rings. The molecule has 0 spiro atoms. The van der Waals surface area contributed by atoms with E-state index in [0.717, 1.165) is 37.8 Å². The number of hydrogen-bond donors (Lipinski definition) is 3. The van der Waals surface area contributed by atoms with Gasteiger partial charge < -0.3 is 24.7 Å². The number of fused-ring (bicyclic) bond motifs is 1. The fraction of sp³-hybridized carbons (Fsp3) is 0.556. The first-order valence-electron chi connectivity index (χ1n) is 17.1. The molecule has 0 radical (unpaired) electrons. The summed E-state index contributed by atoms with van der Waals surface area (Å²) < 4.78 is 23.0. The maximum atomic E-state index is 12.9. The Morgan fingerprint density at radius 2 is 1.98 bits per heavy atom. The zero-order chi connectivity index (χ0) is 34.4. The van der Waals surface area contributed by atoms with Crippen molar-refractivity contribution >= 4 is 40.3 Å². The van der Waals surface area contributed by atoms with Crippen molar-refractivity contribution in [2.75, 3.05) is 51.3 Å². The minimum atomic E-state index is -1.68. The molecule has 2 aliphatic heterocycles. The van der Waals surface area contributed by atoms with Crippen LogP contribution in [0.5, 0.6) is 5.75 Å². The van der Waals surface area contributed by atoms with Gasteiger partial charge in [-0.25, -0.2) is 8.51 Å². The lowest BCUT2D eigenvalue weighted by Gasteiger charge is -2.42. The van der Waals surface area contributed by atoms with E-state index in [-0.39, 0.29) is 23.7 Å². The minimum absolute atomic E-state index is 0.0152. The number of halogens is 1. The second kappa shape index (κ2) is 16.6. The lowest BCUT2D eigenvalue weighted by atomic mass is 9.70. The van der Waals surface area contributed by atoms with Gasteiger partial charge in [0.15, 0.2) is 17.3 Å². The SMILES string of the molecule is CCCc1cc(Cl)ccc1C1COc2ccc(C(O)C(=O)NS(=O)N3CCC3)cc2N(CC2CCC2C(O)/C=C/CCN(C)C(C)=O)C1. The van der Waals surface area contributed by atoms with Crippen LogP contribution >= 0.6 is 11.6 Å². The second-order valence-electron chi connectivity index (χ2n) is 13.3. The van der Waals surface area contributed by atoms with Gasteiger partial charge in [-0.05, 0) is 84.9 Å². The third-order valence-corrected chi connectivity index (χ3v) is 11.4.